The van der Waals surface area contributed by atoms with E-state index in [9.17, 15) is 9.18 Å². The van der Waals surface area contributed by atoms with Crippen molar-refractivity contribution in [3.8, 4) is 0 Å². The number of urea groups is 1. The van der Waals surface area contributed by atoms with Gasteiger partial charge in [-0.15, -0.1) is 6.58 Å². The molecule has 9 heteroatoms. The molecule has 3 heterocycles. The fourth-order valence-corrected chi connectivity index (χ4v) is 4.16. The smallest absolute Gasteiger partial charge is 0.317 e. The standard InChI is InChI=1S/C23H30FN7O/c1-4-10-25-23(32)31-11-9-20-19(16-31)21(28(2)3)27-22(26-20)30-14-12-29(13-15-30)18-7-5-17(24)6-8-18/h4-8H,1,9-16H2,2-3H3,(H,25,32). The quantitative estimate of drug-likeness (QED) is 0.721. The number of rotatable bonds is 5. The van der Waals surface area contributed by atoms with Gasteiger partial charge in [-0.05, 0) is 24.3 Å². The summed E-state index contributed by atoms with van der Waals surface area (Å²) in [6.45, 7) is 8.43. The van der Waals surface area contributed by atoms with Gasteiger partial charge in [0.05, 0.1) is 12.2 Å². The normalized spacial score (nSPS) is 15.9. The molecule has 170 valence electrons. The Morgan fingerprint density at radius 2 is 1.81 bits per heavy atom. The lowest BCUT2D eigenvalue weighted by Gasteiger charge is -2.37. The molecule has 1 N–H and O–H groups in total. The maximum atomic E-state index is 13.2. The van der Waals surface area contributed by atoms with Crippen LogP contribution in [-0.2, 0) is 13.0 Å². The number of halogens is 1. The Bertz CT molecular complexity index is 971. The van der Waals surface area contributed by atoms with Crippen molar-refractivity contribution in [3.63, 3.8) is 0 Å². The average Bonchev–Trinajstić information content (AvgIpc) is 2.82. The minimum atomic E-state index is -0.220. The number of amides is 2. The van der Waals surface area contributed by atoms with Crippen LogP contribution in [0, 0.1) is 5.82 Å². The van der Waals surface area contributed by atoms with Gasteiger partial charge in [0.1, 0.15) is 11.6 Å². The van der Waals surface area contributed by atoms with Crippen LogP contribution in [0.3, 0.4) is 0 Å². The number of hydrogen-bond donors (Lipinski definition) is 1. The second kappa shape index (κ2) is 9.42. The molecule has 0 saturated carbocycles. The molecule has 1 aromatic carbocycles. The predicted molar refractivity (Wildman–Crippen MR) is 125 cm³/mol. The van der Waals surface area contributed by atoms with E-state index in [0.717, 1.165) is 54.9 Å². The third-order valence-electron chi connectivity index (χ3n) is 5.89. The summed E-state index contributed by atoms with van der Waals surface area (Å²) in [6.07, 6.45) is 2.37. The first kappa shape index (κ1) is 21.9. The van der Waals surface area contributed by atoms with Crippen LogP contribution in [0.15, 0.2) is 36.9 Å². The van der Waals surface area contributed by atoms with E-state index in [1.54, 1.807) is 11.0 Å². The number of aromatic nitrogens is 2. The molecule has 0 unspecified atom stereocenters. The highest BCUT2D eigenvalue weighted by molar-refractivity contribution is 5.75. The van der Waals surface area contributed by atoms with Crippen molar-refractivity contribution in [1.82, 2.24) is 20.2 Å². The van der Waals surface area contributed by atoms with E-state index in [4.69, 9.17) is 9.97 Å². The summed E-state index contributed by atoms with van der Waals surface area (Å²) in [5, 5.41) is 2.85. The summed E-state index contributed by atoms with van der Waals surface area (Å²) < 4.78 is 13.2. The van der Waals surface area contributed by atoms with Crippen LogP contribution in [0.5, 0.6) is 0 Å². The summed E-state index contributed by atoms with van der Waals surface area (Å²) >= 11 is 0. The zero-order chi connectivity index (χ0) is 22.7. The third kappa shape index (κ3) is 4.61. The Balaban J connectivity index is 1.49. The number of piperazine rings is 1. The van der Waals surface area contributed by atoms with Crippen LogP contribution in [-0.4, -0.2) is 74.3 Å². The predicted octanol–water partition coefficient (Wildman–Crippen LogP) is 2.26. The van der Waals surface area contributed by atoms with Crippen molar-refractivity contribution in [2.24, 2.45) is 0 Å². The number of hydrogen-bond acceptors (Lipinski definition) is 6. The molecular weight excluding hydrogens is 409 g/mol. The molecule has 2 aromatic rings. The van der Waals surface area contributed by atoms with E-state index in [-0.39, 0.29) is 11.8 Å². The van der Waals surface area contributed by atoms with Gasteiger partial charge >= 0.3 is 6.03 Å². The average molecular weight is 440 g/mol. The first-order valence-electron chi connectivity index (χ1n) is 10.9. The first-order valence-corrected chi connectivity index (χ1v) is 10.9. The number of carbonyl (C=O) groups excluding carboxylic acids is 1. The van der Waals surface area contributed by atoms with Crippen LogP contribution in [0.4, 0.5) is 26.6 Å². The van der Waals surface area contributed by atoms with Crippen LogP contribution in [0.25, 0.3) is 0 Å². The van der Waals surface area contributed by atoms with Crippen molar-refractivity contribution in [2.75, 3.05) is 68.1 Å². The molecule has 0 aliphatic carbocycles. The molecule has 8 nitrogen and oxygen atoms in total. The van der Waals surface area contributed by atoms with E-state index in [0.29, 0.717) is 26.1 Å². The topological polar surface area (TPSA) is 67.8 Å². The SMILES string of the molecule is C=CCNC(=O)N1CCc2nc(N3CCN(c4ccc(F)cc4)CC3)nc(N(C)C)c2C1. The zero-order valence-electron chi connectivity index (χ0n) is 18.7. The maximum Gasteiger partial charge on any atom is 0.317 e. The van der Waals surface area contributed by atoms with Crippen LogP contribution in [0.2, 0.25) is 0 Å². The van der Waals surface area contributed by atoms with Crippen molar-refractivity contribution in [1.29, 1.82) is 0 Å². The highest BCUT2D eigenvalue weighted by atomic mass is 19.1. The lowest BCUT2D eigenvalue weighted by molar-refractivity contribution is 0.193. The summed E-state index contributed by atoms with van der Waals surface area (Å²) in [5.41, 5.74) is 3.04. The second-order valence-corrected chi connectivity index (χ2v) is 8.26. The highest BCUT2D eigenvalue weighted by Crippen LogP contribution is 2.29. The van der Waals surface area contributed by atoms with Crippen LogP contribution < -0.4 is 20.0 Å². The van der Waals surface area contributed by atoms with Crippen molar-refractivity contribution in [2.45, 2.75) is 13.0 Å². The first-order chi connectivity index (χ1) is 15.5. The van der Waals surface area contributed by atoms with E-state index < -0.39 is 0 Å². The van der Waals surface area contributed by atoms with Crippen molar-refractivity contribution >= 4 is 23.5 Å². The van der Waals surface area contributed by atoms with E-state index >= 15 is 0 Å². The number of nitrogens with one attached hydrogen (secondary N) is 1. The number of anilines is 3. The zero-order valence-corrected chi connectivity index (χ0v) is 18.7. The number of benzene rings is 1. The van der Waals surface area contributed by atoms with Gasteiger partial charge in [-0.2, -0.15) is 4.98 Å². The molecule has 0 bridgehead atoms. The molecule has 32 heavy (non-hydrogen) atoms. The molecule has 0 spiro atoms. The minimum absolute atomic E-state index is 0.0961. The minimum Gasteiger partial charge on any atom is -0.368 e. The number of carbonyl (C=O) groups is 1. The second-order valence-electron chi connectivity index (χ2n) is 8.26. The van der Waals surface area contributed by atoms with Crippen LogP contribution >= 0.6 is 0 Å². The molecule has 2 aliphatic heterocycles. The molecule has 1 saturated heterocycles. The summed E-state index contributed by atoms with van der Waals surface area (Å²) in [5.74, 6) is 1.37. The Labute approximate surface area is 188 Å². The maximum absolute atomic E-state index is 13.2. The van der Waals surface area contributed by atoms with Gasteiger partial charge in [0.2, 0.25) is 5.95 Å². The Hall–Kier alpha value is -3.36. The largest absolute Gasteiger partial charge is 0.368 e. The molecule has 1 aromatic heterocycles. The summed E-state index contributed by atoms with van der Waals surface area (Å²) in [6, 6.07) is 6.54. The molecular formula is C23H30FN7O. The molecule has 1 fully saturated rings. The van der Waals surface area contributed by atoms with Crippen LogP contribution in [0.1, 0.15) is 11.3 Å². The number of fused-ring (bicyclic) bond motifs is 1. The molecule has 0 radical (unpaired) electrons. The summed E-state index contributed by atoms with van der Waals surface area (Å²) in [7, 11) is 3.94. The lowest BCUT2D eigenvalue weighted by Crippen LogP contribution is -2.47. The Morgan fingerprint density at radius 1 is 1.12 bits per heavy atom. The van der Waals surface area contributed by atoms with Gasteiger partial charge in [-0.3, -0.25) is 0 Å². The third-order valence-corrected chi connectivity index (χ3v) is 5.89. The van der Waals surface area contributed by atoms with E-state index in [2.05, 4.69) is 21.7 Å². The van der Waals surface area contributed by atoms with Crippen molar-refractivity contribution < 1.29 is 9.18 Å². The van der Waals surface area contributed by atoms with Gasteiger partial charge in [0.25, 0.3) is 0 Å². The van der Waals surface area contributed by atoms with Crippen molar-refractivity contribution in [3.05, 3.63) is 54.0 Å². The van der Waals surface area contributed by atoms with Gasteiger partial charge in [0.15, 0.2) is 0 Å². The van der Waals surface area contributed by atoms with E-state index in [1.807, 2.05) is 31.1 Å². The highest BCUT2D eigenvalue weighted by Gasteiger charge is 2.28. The number of nitrogens with zero attached hydrogens (tertiary/aromatic N) is 6. The van der Waals surface area contributed by atoms with Gasteiger partial charge in [-0.25, -0.2) is 14.2 Å². The molecule has 4 rings (SSSR count). The molecule has 2 aliphatic rings. The lowest BCUT2D eigenvalue weighted by atomic mass is 10.1. The Morgan fingerprint density at radius 3 is 2.47 bits per heavy atom. The fourth-order valence-electron chi connectivity index (χ4n) is 4.16. The van der Waals surface area contributed by atoms with Gasteiger partial charge in [-0.1, -0.05) is 6.08 Å². The monoisotopic (exact) mass is 439 g/mol. The molecule has 2 amide bonds. The molecule has 0 atom stereocenters. The van der Waals surface area contributed by atoms with E-state index in [1.165, 1.54) is 12.1 Å². The Kier molecular flexibility index (Phi) is 6.43. The fraction of sp³-hybridized carbons (Fsp3) is 0.435. The van der Waals surface area contributed by atoms with Gasteiger partial charge in [0, 0.05) is 71.0 Å². The van der Waals surface area contributed by atoms with Gasteiger partial charge < -0.3 is 24.9 Å². The summed E-state index contributed by atoms with van der Waals surface area (Å²) in [4.78, 5) is 30.4.